The number of carbonyl (C=O) groups excluding carboxylic acids is 1. The second kappa shape index (κ2) is 10.1. The fraction of sp³-hybridized carbons (Fsp3) is 0.219. The average molecular weight is 507 g/mol. The van der Waals surface area contributed by atoms with Crippen LogP contribution >= 0.6 is 0 Å². The molecule has 4 aromatic rings. The van der Waals surface area contributed by atoms with Gasteiger partial charge < -0.3 is 24.1 Å². The molecule has 6 rings (SSSR count). The van der Waals surface area contributed by atoms with Crippen molar-refractivity contribution in [2.45, 2.75) is 31.3 Å². The molecule has 1 aliphatic heterocycles. The second-order valence-corrected chi connectivity index (χ2v) is 9.70. The largest absolute Gasteiger partial charge is 0.497 e. The van der Waals surface area contributed by atoms with Crippen molar-refractivity contribution < 1.29 is 18.7 Å². The summed E-state index contributed by atoms with van der Waals surface area (Å²) in [6, 6.07) is 27.8. The molecule has 192 valence electrons. The highest BCUT2D eigenvalue weighted by molar-refractivity contribution is 6.01. The van der Waals surface area contributed by atoms with E-state index in [0.29, 0.717) is 19.4 Å². The van der Waals surface area contributed by atoms with E-state index in [1.165, 1.54) is 0 Å². The minimum absolute atomic E-state index is 0.0117. The standard InChI is InChI=1S/C32H30N2O4/c1-36-23-15-13-21(14-16-23)20-34-27-10-5-4-9-25(27)33-26-18-22(29-12-7-17-38-29)19-28(35)31(26)32(34)24-8-3-6-11-30(24)37-2/h3-17,22,32-33H,18-20H2,1-2H3/t22-,32-/m1/s1. The number of hydrogen-bond donors (Lipinski definition) is 1. The molecule has 0 spiro atoms. The quantitative estimate of drug-likeness (QED) is 0.308. The molecule has 0 radical (unpaired) electrons. The van der Waals surface area contributed by atoms with E-state index < -0.39 is 0 Å². The predicted octanol–water partition coefficient (Wildman–Crippen LogP) is 6.87. The van der Waals surface area contributed by atoms with Crippen molar-refractivity contribution in [3.05, 3.63) is 119 Å². The van der Waals surface area contributed by atoms with Gasteiger partial charge in [0.05, 0.1) is 37.9 Å². The van der Waals surface area contributed by atoms with Gasteiger partial charge in [-0.2, -0.15) is 0 Å². The number of ether oxygens (including phenoxy) is 2. The highest BCUT2D eigenvalue weighted by Gasteiger charge is 2.41. The van der Waals surface area contributed by atoms with E-state index in [2.05, 4.69) is 40.5 Å². The van der Waals surface area contributed by atoms with Crippen LogP contribution in [0.1, 0.15) is 41.7 Å². The maximum atomic E-state index is 14.1. The third-order valence-corrected chi connectivity index (χ3v) is 7.48. The number of carbonyl (C=O) groups is 1. The average Bonchev–Trinajstić information content (AvgIpc) is 3.46. The summed E-state index contributed by atoms with van der Waals surface area (Å²) in [4.78, 5) is 16.4. The molecule has 6 heteroatoms. The van der Waals surface area contributed by atoms with Crippen LogP contribution in [0.4, 0.5) is 11.4 Å². The fourth-order valence-electron chi connectivity index (χ4n) is 5.70. The van der Waals surface area contributed by atoms with Crippen molar-refractivity contribution in [2.24, 2.45) is 0 Å². The molecule has 0 bridgehead atoms. The van der Waals surface area contributed by atoms with Gasteiger partial charge in [0.15, 0.2) is 5.78 Å². The Kier molecular flexibility index (Phi) is 6.38. The van der Waals surface area contributed by atoms with Crippen molar-refractivity contribution >= 4 is 17.2 Å². The van der Waals surface area contributed by atoms with Crippen molar-refractivity contribution in [3.63, 3.8) is 0 Å². The zero-order valence-corrected chi connectivity index (χ0v) is 21.5. The number of Topliss-reactive ketones (excluding diaryl/α,β-unsaturated/α-hetero) is 1. The van der Waals surface area contributed by atoms with Crippen LogP contribution in [-0.2, 0) is 11.3 Å². The minimum atomic E-state index is -0.343. The lowest BCUT2D eigenvalue weighted by molar-refractivity contribution is -0.116. The summed E-state index contributed by atoms with van der Waals surface area (Å²) in [6.07, 6.45) is 2.76. The van der Waals surface area contributed by atoms with Gasteiger partial charge >= 0.3 is 0 Å². The van der Waals surface area contributed by atoms with Gasteiger partial charge in [-0.1, -0.05) is 42.5 Å². The molecule has 1 aliphatic carbocycles. The van der Waals surface area contributed by atoms with E-state index in [9.17, 15) is 4.79 Å². The first-order valence-corrected chi connectivity index (χ1v) is 12.8. The molecule has 6 nitrogen and oxygen atoms in total. The number of fused-ring (bicyclic) bond motifs is 1. The number of anilines is 2. The molecular formula is C32H30N2O4. The van der Waals surface area contributed by atoms with E-state index in [1.54, 1.807) is 20.5 Å². The summed E-state index contributed by atoms with van der Waals surface area (Å²) in [5.74, 6) is 2.51. The van der Waals surface area contributed by atoms with Gasteiger partial charge in [0.2, 0.25) is 0 Å². The number of allylic oxidation sites excluding steroid dienone is 1. The number of rotatable bonds is 6. The number of benzene rings is 3. The van der Waals surface area contributed by atoms with E-state index in [-0.39, 0.29) is 17.7 Å². The van der Waals surface area contributed by atoms with Crippen LogP contribution in [0.25, 0.3) is 0 Å². The molecule has 0 saturated heterocycles. The highest BCUT2D eigenvalue weighted by atomic mass is 16.5. The Morgan fingerprint density at radius 1 is 0.895 bits per heavy atom. The summed E-state index contributed by atoms with van der Waals surface area (Å²) >= 11 is 0. The third kappa shape index (κ3) is 4.32. The Balaban J connectivity index is 1.54. The summed E-state index contributed by atoms with van der Waals surface area (Å²) in [5.41, 5.74) is 5.78. The van der Waals surface area contributed by atoms with E-state index in [0.717, 1.165) is 51.0 Å². The van der Waals surface area contributed by atoms with Crippen molar-refractivity contribution in [3.8, 4) is 11.5 Å². The third-order valence-electron chi connectivity index (χ3n) is 7.48. The molecule has 38 heavy (non-hydrogen) atoms. The number of nitrogens with zero attached hydrogens (tertiary/aromatic N) is 1. The zero-order chi connectivity index (χ0) is 26.1. The first-order chi connectivity index (χ1) is 18.7. The molecular weight excluding hydrogens is 476 g/mol. The Bertz CT molecular complexity index is 1470. The van der Waals surface area contributed by atoms with E-state index >= 15 is 0 Å². The van der Waals surface area contributed by atoms with Gasteiger partial charge in [0.1, 0.15) is 17.3 Å². The lowest BCUT2D eigenvalue weighted by atomic mass is 9.79. The molecule has 0 fully saturated rings. The maximum absolute atomic E-state index is 14.1. The number of hydrogen-bond acceptors (Lipinski definition) is 6. The van der Waals surface area contributed by atoms with Gasteiger partial charge in [0.25, 0.3) is 0 Å². The minimum Gasteiger partial charge on any atom is -0.497 e. The van der Waals surface area contributed by atoms with Gasteiger partial charge in [-0.25, -0.2) is 0 Å². The monoisotopic (exact) mass is 506 g/mol. The number of methoxy groups -OCH3 is 2. The Morgan fingerprint density at radius 2 is 1.68 bits per heavy atom. The van der Waals surface area contributed by atoms with Crippen molar-refractivity contribution in [1.82, 2.24) is 0 Å². The summed E-state index contributed by atoms with van der Waals surface area (Å²) in [5, 5.41) is 3.67. The van der Waals surface area contributed by atoms with E-state index in [4.69, 9.17) is 13.9 Å². The van der Waals surface area contributed by atoms with Crippen LogP contribution in [0.15, 0.2) is 107 Å². The number of furan rings is 1. The fourth-order valence-corrected chi connectivity index (χ4v) is 5.70. The molecule has 0 amide bonds. The van der Waals surface area contributed by atoms with E-state index in [1.807, 2.05) is 54.6 Å². The number of para-hydroxylation sites is 3. The van der Waals surface area contributed by atoms with Crippen LogP contribution in [0.5, 0.6) is 11.5 Å². The van der Waals surface area contributed by atoms with Crippen LogP contribution in [0, 0.1) is 0 Å². The molecule has 0 unspecified atom stereocenters. The van der Waals surface area contributed by atoms with Gasteiger partial charge in [-0.05, 0) is 54.4 Å². The lowest BCUT2D eigenvalue weighted by Crippen LogP contribution is -2.34. The normalized spacial score (nSPS) is 18.8. The van der Waals surface area contributed by atoms with Crippen molar-refractivity contribution in [2.75, 3.05) is 24.4 Å². The van der Waals surface area contributed by atoms with Gasteiger partial charge in [0, 0.05) is 35.7 Å². The summed E-state index contributed by atoms with van der Waals surface area (Å²) in [7, 11) is 3.35. The second-order valence-electron chi connectivity index (χ2n) is 9.70. The predicted molar refractivity (Wildman–Crippen MR) is 148 cm³/mol. The topological polar surface area (TPSA) is 63.9 Å². The Hall–Kier alpha value is -4.45. The molecule has 2 heterocycles. The van der Waals surface area contributed by atoms with Crippen LogP contribution in [-0.4, -0.2) is 20.0 Å². The molecule has 1 aromatic heterocycles. The van der Waals surface area contributed by atoms with Gasteiger partial charge in [-0.15, -0.1) is 0 Å². The smallest absolute Gasteiger partial charge is 0.163 e. The molecule has 1 N–H and O–H groups in total. The summed E-state index contributed by atoms with van der Waals surface area (Å²) < 4.78 is 16.9. The number of nitrogens with one attached hydrogen (secondary N) is 1. The SMILES string of the molecule is COc1ccc(CN2c3ccccc3NC3=C(C(=O)C[C@H](c4ccco4)C3)[C@H]2c2ccccc2OC)cc1. The Morgan fingerprint density at radius 3 is 2.45 bits per heavy atom. The lowest BCUT2D eigenvalue weighted by Gasteiger charge is -2.37. The van der Waals surface area contributed by atoms with Gasteiger partial charge in [-0.3, -0.25) is 4.79 Å². The molecule has 2 aliphatic rings. The van der Waals surface area contributed by atoms with Crippen LogP contribution in [0.3, 0.4) is 0 Å². The molecule has 0 saturated carbocycles. The molecule has 2 atom stereocenters. The van der Waals surface area contributed by atoms with Crippen LogP contribution < -0.4 is 19.7 Å². The maximum Gasteiger partial charge on any atom is 0.163 e. The first kappa shape index (κ1) is 23.9. The molecule has 3 aromatic carbocycles. The first-order valence-electron chi connectivity index (χ1n) is 12.8. The zero-order valence-electron chi connectivity index (χ0n) is 21.5. The number of ketones is 1. The van der Waals surface area contributed by atoms with Crippen molar-refractivity contribution in [1.29, 1.82) is 0 Å². The summed E-state index contributed by atoms with van der Waals surface area (Å²) in [6.45, 7) is 0.594. The van der Waals surface area contributed by atoms with Crippen LogP contribution in [0.2, 0.25) is 0 Å². The highest BCUT2D eigenvalue weighted by Crippen LogP contribution is 2.49. The Labute approximate surface area is 222 Å².